The topological polar surface area (TPSA) is 82.2 Å². The van der Waals surface area contributed by atoms with Gasteiger partial charge in [-0.3, -0.25) is 9.58 Å². The first-order valence-electron chi connectivity index (χ1n) is 13.1. The van der Waals surface area contributed by atoms with Crippen LogP contribution >= 0.6 is 0 Å². The normalized spacial score (nSPS) is 21.5. The van der Waals surface area contributed by atoms with E-state index in [2.05, 4.69) is 16.1 Å². The van der Waals surface area contributed by atoms with Gasteiger partial charge in [-0.25, -0.2) is 17.4 Å². The Kier molecular flexibility index (Phi) is 6.38. The standard InChI is InChI=1S/C28H33N5O3S/c1-20-26(18-30-31(20)2)27-19-33(37(34,35)24-6-4-3-5-7-24)28-25(27)16-22(17-29-28)21-8-10-23(11-9-21)32-12-14-36-15-13-32/h3-7,16-19,21,23H,8-15H2,1-2H3/t21-,23-. The van der Waals surface area contributed by atoms with Crippen molar-refractivity contribution < 1.29 is 13.2 Å². The van der Waals surface area contributed by atoms with Crippen molar-refractivity contribution in [1.82, 2.24) is 23.6 Å². The van der Waals surface area contributed by atoms with E-state index < -0.39 is 10.0 Å². The third-order valence-electron chi connectivity index (χ3n) is 8.19. The third kappa shape index (κ3) is 4.39. The number of hydrogen-bond donors (Lipinski definition) is 0. The summed E-state index contributed by atoms with van der Waals surface area (Å²) in [5.41, 5.74) is 4.38. The summed E-state index contributed by atoms with van der Waals surface area (Å²) in [6.07, 6.45) is 9.96. The van der Waals surface area contributed by atoms with E-state index in [1.807, 2.05) is 37.1 Å². The molecule has 0 spiro atoms. The Balaban J connectivity index is 1.39. The van der Waals surface area contributed by atoms with Gasteiger partial charge in [-0.15, -0.1) is 0 Å². The van der Waals surface area contributed by atoms with E-state index in [1.54, 1.807) is 30.5 Å². The first-order valence-corrected chi connectivity index (χ1v) is 14.5. The van der Waals surface area contributed by atoms with Gasteiger partial charge in [0.15, 0.2) is 5.65 Å². The van der Waals surface area contributed by atoms with Crippen molar-refractivity contribution in [2.75, 3.05) is 26.3 Å². The van der Waals surface area contributed by atoms with Crippen LogP contribution in [-0.2, 0) is 21.8 Å². The van der Waals surface area contributed by atoms with Crippen molar-refractivity contribution in [2.24, 2.45) is 7.05 Å². The van der Waals surface area contributed by atoms with Gasteiger partial charge >= 0.3 is 0 Å². The molecule has 3 aromatic heterocycles. The Morgan fingerprint density at radius 2 is 1.70 bits per heavy atom. The summed E-state index contributed by atoms with van der Waals surface area (Å²) in [5.74, 6) is 0.422. The number of nitrogens with zero attached hydrogens (tertiary/aromatic N) is 5. The molecule has 0 bridgehead atoms. The maximum Gasteiger partial charge on any atom is 0.269 e. The number of aryl methyl sites for hydroxylation is 1. The molecule has 1 saturated heterocycles. The quantitative estimate of drug-likeness (QED) is 0.390. The number of benzene rings is 1. The van der Waals surface area contributed by atoms with Gasteiger partial charge < -0.3 is 4.74 Å². The van der Waals surface area contributed by atoms with Crippen LogP contribution in [0.25, 0.3) is 22.2 Å². The smallest absolute Gasteiger partial charge is 0.269 e. The van der Waals surface area contributed by atoms with E-state index in [-0.39, 0.29) is 4.90 Å². The minimum Gasteiger partial charge on any atom is -0.379 e. The lowest BCUT2D eigenvalue weighted by Gasteiger charge is -2.38. The van der Waals surface area contributed by atoms with Crippen LogP contribution in [0.1, 0.15) is 42.9 Å². The maximum absolute atomic E-state index is 13.6. The number of ether oxygens (including phenoxy) is 1. The summed E-state index contributed by atoms with van der Waals surface area (Å²) in [7, 11) is -1.91. The molecule has 6 rings (SSSR count). The summed E-state index contributed by atoms with van der Waals surface area (Å²) in [6.45, 7) is 5.72. The number of pyridine rings is 1. The van der Waals surface area contributed by atoms with Crippen LogP contribution in [0.3, 0.4) is 0 Å². The molecule has 9 heteroatoms. The molecule has 2 aliphatic rings. The van der Waals surface area contributed by atoms with Gasteiger partial charge in [0.2, 0.25) is 0 Å². The summed E-state index contributed by atoms with van der Waals surface area (Å²) < 4.78 is 36.0. The second-order valence-electron chi connectivity index (χ2n) is 10.2. The Morgan fingerprint density at radius 3 is 2.38 bits per heavy atom. The molecule has 8 nitrogen and oxygen atoms in total. The van der Waals surface area contributed by atoms with E-state index in [9.17, 15) is 8.42 Å². The van der Waals surface area contributed by atoms with Gasteiger partial charge in [-0.2, -0.15) is 5.10 Å². The van der Waals surface area contributed by atoms with Gasteiger partial charge in [-0.1, -0.05) is 18.2 Å². The Hall–Kier alpha value is -3.01. The second-order valence-corrected chi connectivity index (χ2v) is 12.0. The Bertz CT molecular complexity index is 1510. The lowest BCUT2D eigenvalue weighted by molar-refractivity contribution is 0.00729. The van der Waals surface area contributed by atoms with Gasteiger partial charge in [0.1, 0.15) is 0 Å². The van der Waals surface area contributed by atoms with Crippen LogP contribution in [0.15, 0.2) is 59.9 Å². The van der Waals surface area contributed by atoms with Crippen molar-refractivity contribution in [2.45, 2.75) is 49.5 Å². The molecule has 1 aliphatic carbocycles. The fourth-order valence-electron chi connectivity index (χ4n) is 5.90. The molecule has 0 N–H and O–H groups in total. The van der Waals surface area contributed by atoms with E-state index in [0.717, 1.165) is 61.4 Å². The maximum atomic E-state index is 13.6. The largest absolute Gasteiger partial charge is 0.379 e. The third-order valence-corrected chi connectivity index (χ3v) is 9.85. The highest BCUT2D eigenvalue weighted by Crippen LogP contribution is 2.39. The van der Waals surface area contributed by atoms with Crippen LogP contribution < -0.4 is 0 Å². The summed E-state index contributed by atoms with van der Waals surface area (Å²) in [4.78, 5) is 7.60. The average molecular weight is 520 g/mol. The molecule has 1 aromatic carbocycles. The zero-order chi connectivity index (χ0) is 25.6. The fourth-order valence-corrected chi connectivity index (χ4v) is 7.25. The van der Waals surface area contributed by atoms with E-state index in [0.29, 0.717) is 17.6 Å². The molecule has 4 heterocycles. The predicted molar refractivity (Wildman–Crippen MR) is 143 cm³/mol. The minimum absolute atomic E-state index is 0.244. The average Bonchev–Trinajstić information content (AvgIpc) is 3.49. The summed E-state index contributed by atoms with van der Waals surface area (Å²) >= 11 is 0. The van der Waals surface area contributed by atoms with Crippen molar-refractivity contribution in [1.29, 1.82) is 0 Å². The predicted octanol–water partition coefficient (Wildman–Crippen LogP) is 4.34. The second kappa shape index (κ2) is 9.70. The first-order chi connectivity index (χ1) is 17.9. The molecule has 1 aliphatic heterocycles. The van der Waals surface area contributed by atoms with Crippen molar-refractivity contribution in [3.63, 3.8) is 0 Å². The number of morpholine rings is 1. The highest BCUT2D eigenvalue weighted by molar-refractivity contribution is 7.90. The Morgan fingerprint density at radius 1 is 0.973 bits per heavy atom. The van der Waals surface area contributed by atoms with Crippen LogP contribution in [0.4, 0.5) is 0 Å². The molecule has 0 amide bonds. The first kappa shape index (κ1) is 24.3. The van der Waals surface area contributed by atoms with Gasteiger partial charge in [0.05, 0.1) is 24.3 Å². The molecule has 1 saturated carbocycles. The zero-order valence-corrected chi connectivity index (χ0v) is 22.2. The van der Waals surface area contributed by atoms with Crippen molar-refractivity contribution in [3.8, 4) is 11.1 Å². The molecule has 0 atom stereocenters. The highest BCUT2D eigenvalue weighted by Gasteiger charge is 2.29. The van der Waals surface area contributed by atoms with Gasteiger partial charge in [0.25, 0.3) is 10.0 Å². The molecular weight excluding hydrogens is 486 g/mol. The van der Waals surface area contributed by atoms with E-state index in [1.165, 1.54) is 22.4 Å². The monoisotopic (exact) mass is 519 g/mol. The number of aromatic nitrogens is 4. The zero-order valence-electron chi connectivity index (χ0n) is 21.4. The lowest BCUT2D eigenvalue weighted by Crippen LogP contribution is -2.44. The molecule has 194 valence electrons. The summed E-state index contributed by atoms with van der Waals surface area (Å²) in [6, 6.07) is 11.3. The molecule has 0 unspecified atom stereocenters. The van der Waals surface area contributed by atoms with Crippen molar-refractivity contribution in [3.05, 3.63) is 66.2 Å². The molecular formula is C28H33N5O3S. The molecule has 2 fully saturated rings. The molecule has 4 aromatic rings. The number of hydrogen-bond acceptors (Lipinski definition) is 6. The van der Waals surface area contributed by atoms with Crippen molar-refractivity contribution >= 4 is 21.1 Å². The van der Waals surface area contributed by atoms with E-state index >= 15 is 0 Å². The number of fused-ring (bicyclic) bond motifs is 1. The number of rotatable bonds is 5. The SMILES string of the molecule is Cc1c(-c2cn(S(=O)(=O)c3ccccc3)c3ncc([C@H]4CC[C@H](N5CCOCC5)CC4)cc23)cnn1C. The molecule has 37 heavy (non-hydrogen) atoms. The lowest BCUT2D eigenvalue weighted by atomic mass is 9.81. The van der Waals surface area contributed by atoms with E-state index in [4.69, 9.17) is 9.72 Å². The Labute approximate surface area is 217 Å². The van der Waals surface area contributed by atoms with Gasteiger partial charge in [-0.05, 0) is 62.3 Å². The minimum atomic E-state index is -3.81. The summed E-state index contributed by atoms with van der Waals surface area (Å²) in [5, 5.41) is 5.27. The van der Waals surface area contributed by atoms with Crippen LogP contribution in [0.2, 0.25) is 0 Å². The van der Waals surface area contributed by atoms with Crippen LogP contribution in [0, 0.1) is 6.92 Å². The highest BCUT2D eigenvalue weighted by atomic mass is 32.2. The van der Waals surface area contributed by atoms with Gasteiger partial charge in [0, 0.05) is 60.8 Å². The van der Waals surface area contributed by atoms with Crippen LogP contribution in [-0.4, -0.2) is 64.4 Å². The molecule has 0 radical (unpaired) electrons. The fraction of sp³-hybridized carbons (Fsp3) is 0.429. The van der Waals surface area contributed by atoms with Crippen LogP contribution in [0.5, 0.6) is 0 Å².